The topological polar surface area (TPSA) is 60.4 Å². The number of ketones is 1. The molecule has 4 heteroatoms. The SMILES string of the molecule is CCCCC(C(C)=O)c1c(=O)occ2occc12. The van der Waals surface area contributed by atoms with Crippen molar-refractivity contribution >= 4 is 16.8 Å². The van der Waals surface area contributed by atoms with E-state index < -0.39 is 11.5 Å². The summed E-state index contributed by atoms with van der Waals surface area (Å²) in [6.07, 6.45) is 5.34. The fourth-order valence-corrected chi connectivity index (χ4v) is 2.20. The maximum atomic E-state index is 11.9. The monoisotopic (exact) mass is 248 g/mol. The molecule has 0 aliphatic heterocycles. The Kier molecular flexibility index (Phi) is 3.65. The summed E-state index contributed by atoms with van der Waals surface area (Å²) < 4.78 is 10.1. The van der Waals surface area contributed by atoms with Gasteiger partial charge in [-0.3, -0.25) is 4.79 Å². The first kappa shape index (κ1) is 12.6. The molecule has 96 valence electrons. The van der Waals surface area contributed by atoms with Crippen LogP contribution in [0.1, 0.15) is 44.6 Å². The quantitative estimate of drug-likeness (QED) is 0.814. The average molecular weight is 248 g/mol. The van der Waals surface area contributed by atoms with Gasteiger partial charge in [0, 0.05) is 5.39 Å². The molecular formula is C14H16O4. The minimum atomic E-state index is -0.444. The number of unbranched alkanes of at least 4 members (excludes halogenated alkanes) is 1. The zero-order valence-corrected chi connectivity index (χ0v) is 10.6. The number of rotatable bonds is 5. The van der Waals surface area contributed by atoms with Crippen LogP contribution in [0.3, 0.4) is 0 Å². The van der Waals surface area contributed by atoms with Crippen LogP contribution >= 0.6 is 0 Å². The Morgan fingerprint density at radius 1 is 1.39 bits per heavy atom. The van der Waals surface area contributed by atoms with Gasteiger partial charge < -0.3 is 8.83 Å². The van der Waals surface area contributed by atoms with E-state index in [9.17, 15) is 9.59 Å². The Bertz CT molecular complexity index is 606. The number of carbonyl (C=O) groups is 1. The van der Waals surface area contributed by atoms with Crippen LogP contribution in [0.4, 0.5) is 0 Å². The van der Waals surface area contributed by atoms with Gasteiger partial charge in [-0.25, -0.2) is 4.79 Å². The predicted molar refractivity (Wildman–Crippen MR) is 67.7 cm³/mol. The summed E-state index contributed by atoms with van der Waals surface area (Å²) in [7, 11) is 0. The molecule has 0 aliphatic rings. The second-order valence-corrected chi connectivity index (χ2v) is 4.44. The molecule has 1 atom stereocenters. The highest BCUT2D eigenvalue weighted by Gasteiger charge is 2.23. The van der Waals surface area contributed by atoms with Crippen molar-refractivity contribution in [1.82, 2.24) is 0 Å². The molecule has 0 aliphatic carbocycles. The van der Waals surface area contributed by atoms with Crippen molar-refractivity contribution in [1.29, 1.82) is 0 Å². The first-order valence-electron chi connectivity index (χ1n) is 6.14. The van der Waals surface area contributed by atoms with Crippen LogP contribution in [0.25, 0.3) is 11.0 Å². The van der Waals surface area contributed by atoms with Crippen LogP contribution in [0.2, 0.25) is 0 Å². The van der Waals surface area contributed by atoms with Crippen LogP contribution in [-0.2, 0) is 4.79 Å². The maximum absolute atomic E-state index is 11.9. The molecule has 0 saturated heterocycles. The molecule has 1 unspecified atom stereocenters. The second-order valence-electron chi connectivity index (χ2n) is 4.44. The highest BCUT2D eigenvalue weighted by atomic mass is 16.4. The number of hydrogen-bond acceptors (Lipinski definition) is 4. The third kappa shape index (κ3) is 2.23. The molecule has 2 rings (SSSR count). The number of furan rings is 1. The van der Waals surface area contributed by atoms with Crippen molar-refractivity contribution in [2.24, 2.45) is 0 Å². The molecule has 0 fully saturated rings. The van der Waals surface area contributed by atoms with Gasteiger partial charge in [0.2, 0.25) is 0 Å². The zero-order chi connectivity index (χ0) is 13.1. The van der Waals surface area contributed by atoms with E-state index in [4.69, 9.17) is 8.83 Å². The van der Waals surface area contributed by atoms with E-state index in [0.29, 0.717) is 23.0 Å². The van der Waals surface area contributed by atoms with E-state index in [-0.39, 0.29) is 5.78 Å². The molecular weight excluding hydrogens is 232 g/mol. The zero-order valence-electron chi connectivity index (χ0n) is 10.6. The van der Waals surface area contributed by atoms with Gasteiger partial charge in [0.05, 0.1) is 17.7 Å². The molecule has 0 spiro atoms. The molecule has 0 N–H and O–H groups in total. The van der Waals surface area contributed by atoms with Crippen LogP contribution in [0.15, 0.2) is 32.2 Å². The van der Waals surface area contributed by atoms with E-state index in [1.165, 1.54) is 19.5 Å². The summed E-state index contributed by atoms with van der Waals surface area (Å²) in [4.78, 5) is 23.6. The van der Waals surface area contributed by atoms with Crippen LogP contribution < -0.4 is 5.63 Å². The van der Waals surface area contributed by atoms with Crippen molar-refractivity contribution in [2.75, 3.05) is 0 Å². The van der Waals surface area contributed by atoms with E-state index >= 15 is 0 Å². The normalized spacial score (nSPS) is 12.8. The van der Waals surface area contributed by atoms with E-state index in [1.807, 2.05) is 0 Å². The fraction of sp³-hybridized carbons (Fsp3) is 0.429. The molecule has 0 radical (unpaired) electrons. The minimum absolute atomic E-state index is 0.00977. The van der Waals surface area contributed by atoms with E-state index in [0.717, 1.165) is 12.8 Å². The lowest BCUT2D eigenvalue weighted by atomic mass is 9.90. The largest absolute Gasteiger partial charge is 0.461 e. The fourth-order valence-electron chi connectivity index (χ4n) is 2.20. The molecule has 18 heavy (non-hydrogen) atoms. The smallest absolute Gasteiger partial charge is 0.340 e. The average Bonchev–Trinajstić information content (AvgIpc) is 2.79. The van der Waals surface area contributed by atoms with Crippen molar-refractivity contribution < 1.29 is 13.6 Å². The molecule has 0 amide bonds. The molecule has 2 aromatic heterocycles. The lowest BCUT2D eigenvalue weighted by Crippen LogP contribution is -2.18. The van der Waals surface area contributed by atoms with Crippen LogP contribution in [-0.4, -0.2) is 5.78 Å². The van der Waals surface area contributed by atoms with Gasteiger partial charge in [-0.2, -0.15) is 0 Å². The van der Waals surface area contributed by atoms with E-state index in [2.05, 4.69) is 6.92 Å². The summed E-state index contributed by atoms with van der Waals surface area (Å²) in [5.41, 5.74) is 0.495. The summed E-state index contributed by atoms with van der Waals surface area (Å²) in [5.74, 6) is -0.410. The Balaban J connectivity index is 2.55. The van der Waals surface area contributed by atoms with Crippen molar-refractivity contribution in [3.05, 3.63) is 34.6 Å². The minimum Gasteiger partial charge on any atom is -0.461 e. The Labute approximate surface area is 105 Å². The van der Waals surface area contributed by atoms with Gasteiger partial charge in [-0.1, -0.05) is 19.8 Å². The first-order chi connectivity index (χ1) is 8.65. The molecule has 2 aromatic rings. The van der Waals surface area contributed by atoms with E-state index in [1.54, 1.807) is 6.07 Å². The second kappa shape index (κ2) is 5.21. The van der Waals surface area contributed by atoms with Gasteiger partial charge in [0.15, 0.2) is 5.58 Å². The van der Waals surface area contributed by atoms with Crippen LogP contribution in [0.5, 0.6) is 0 Å². The first-order valence-corrected chi connectivity index (χ1v) is 6.14. The predicted octanol–water partition coefficient (Wildman–Crippen LogP) is 3.25. The van der Waals surface area contributed by atoms with Crippen LogP contribution in [0, 0.1) is 0 Å². The lowest BCUT2D eigenvalue weighted by molar-refractivity contribution is -0.118. The standard InChI is InChI=1S/C14H16O4/c1-3-4-5-10(9(2)15)13-11-6-7-17-12(11)8-18-14(13)16/h6-8,10H,3-5H2,1-2H3. The number of carbonyl (C=O) groups excluding carboxylic acids is 1. The maximum Gasteiger partial charge on any atom is 0.340 e. The Morgan fingerprint density at radius 3 is 2.83 bits per heavy atom. The number of hydrogen-bond donors (Lipinski definition) is 0. The van der Waals surface area contributed by atoms with Crippen molar-refractivity contribution in [3.63, 3.8) is 0 Å². The lowest BCUT2D eigenvalue weighted by Gasteiger charge is -2.12. The summed E-state index contributed by atoms with van der Waals surface area (Å²) in [6, 6.07) is 1.71. The number of fused-ring (bicyclic) bond motifs is 1. The summed E-state index contributed by atoms with van der Waals surface area (Å²) >= 11 is 0. The highest BCUT2D eigenvalue weighted by Crippen LogP contribution is 2.27. The van der Waals surface area contributed by atoms with Crippen molar-refractivity contribution in [3.8, 4) is 0 Å². The summed E-state index contributed by atoms with van der Waals surface area (Å²) in [5, 5.41) is 0.683. The van der Waals surface area contributed by atoms with Gasteiger partial charge in [-0.05, 0) is 19.4 Å². The van der Waals surface area contributed by atoms with Gasteiger partial charge in [-0.15, -0.1) is 0 Å². The van der Waals surface area contributed by atoms with Gasteiger partial charge in [0.25, 0.3) is 0 Å². The molecule has 0 aromatic carbocycles. The molecule has 0 saturated carbocycles. The third-order valence-electron chi connectivity index (χ3n) is 3.16. The van der Waals surface area contributed by atoms with Gasteiger partial charge in [0.1, 0.15) is 12.0 Å². The molecule has 4 nitrogen and oxygen atoms in total. The highest BCUT2D eigenvalue weighted by molar-refractivity contribution is 5.90. The van der Waals surface area contributed by atoms with Gasteiger partial charge >= 0.3 is 5.63 Å². The molecule has 2 heterocycles. The van der Waals surface area contributed by atoms with Crippen molar-refractivity contribution in [2.45, 2.75) is 39.0 Å². The molecule has 0 bridgehead atoms. The Hall–Kier alpha value is -1.84. The Morgan fingerprint density at radius 2 is 2.17 bits per heavy atom. The number of Topliss-reactive ketones (excluding diaryl/α,β-unsaturated/α-hetero) is 1. The third-order valence-corrected chi connectivity index (χ3v) is 3.16. The summed E-state index contributed by atoms with van der Waals surface area (Å²) in [6.45, 7) is 3.57.